The first kappa shape index (κ1) is 11.9. The maximum Gasteiger partial charge on any atom is 0.0684 e. The minimum atomic E-state index is -0.264. The van der Waals surface area contributed by atoms with Gasteiger partial charge in [-0.05, 0) is 44.5 Å². The Kier molecular flexibility index (Phi) is 3.99. The lowest BCUT2D eigenvalue weighted by Gasteiger charge is -2.15. The molecule has 0 aliphatic carbocycles. The Morgan fingerprint density at radius 1 is 1.33 bits per heavy atom. The molecular weight excluding hydrogens is 208 g/mol. The quantitative estimate of drug-likeness (QED) is 0.844. The summed E-state index contributed by atoms with van der Waals surface area (Å²) in [6, 6.07) is 9.83. The molecule has 1 aromatic carbocycles. The van der Waals surface area contributed by atoms with Crippen molar-refractivity contribution in [3.8, 4) is 6.07 Å². The number of hydrogen-bond donors (Lipinski definition) is 1. The highest BCUT2D eigenvalue weighted by atomic mass is 35.5. The van der Waals surface area contributed by atoms with E-state index in [0.717, 1.165) is 23.7 Å². The lowest BCUT2D eigenvalue weighted by molar-refractivity contribution is 0.466. The molecule has 15 heavy (non-hydrogen) atoms. The standard InChI is InChI=1S/C12H15ClN2/c1-12(2,9-14)7-8-15-11-5-3-10(13)4-6-11/h3-6,15H,7-8H2,1-2H3. The molecule has 0 aliphatic rings. The van der Waals surface area contributed by atoms with Crippen molar-refractivity contribution in [2.75, 3.05) is 11.9 Å². The first-order valence-corrected chi connectivity index (χ1v) is 5.32. The van der Waals surface area contributed by atoms with Crippen LogP contribution in [0.2, 0.25) is 5.02 Å². The van der Waals surface area contributed by atoms with Crippen molar-refractivity contribution in [2.45, 2.75) is 20.3 Å². The van der Waals surface area contributed by atoms with Crippen molar-refractivity contribution in [3.63, 3.8) is 0 Å². The molecule has 1 aromatic rings. The van der Waals surface area contributed by atoms with Gasteiger partial charge in [0.2, 0.25) is 0 Å². The number of anilines is 1. The molecule has 0 unspecified atom stereocenters. The van der Waals surface area contributed by atoms with Gasteiger partial charge < -0.3 is 5.32 Å². The lowest BCUT2D eigenvalue weighted by atomic mass is 9.91. The molecule has 1 N–H and O–H groups in total. The van der Waals surface area contributed by atoms with Crippen molar-refractivity contribution >= 4 is 17.3 Å². The van der Waals surface area contributed by atoms with Crippen LogP contribution in [0.1, 0.15) is 20.3 Å². The topological polar surface area (TPSA) is 35.8 Å². The zero-order valence-corrected chi connectivity index (χ0v) is 9.80. The van der Waals surface area contributed by atoms with E-state index in [1.54, 1.807) is 0 Å². The number of halogens is 1. The molecule has 0 heterocycles. The highest BCUT2D eigenvalue weighted by Crippen LogP contribution is 2.19. The van der Waals surface area contributed by atoms with Crippen LogP contribution in [-0.2, 0) is 0 Å². The fourth-order valence-electron chi connectivity index (χ4n) is 1.14. The second-order valence-electron chi connectivity index (χ2n) is 4.18. The van der Waals surface area contributed by atoms with Gasteiger partial charge in [0.15, 0.2) is 0 Å². The van der Waals surface area contributed by atoms with Gasteiger partial charge in [-0.1, -0.05) is 11.6 Å². The van der Waals surface area contributed by atoms with Crippen LogP contribution in [0.4, 0.5) is 5.69 Å². The Labute approximate surface area is 95.9 Å². The van der Waals surface area contributed by atoms with Gasteiger partial charge in [0.1, 0.15) is 0 Å². The Morgan fingerprint density at radius 3 is 2.47 bits per heavy atom. The van der Waals surface area contributed by atoms with Crippen LogP contribution < -0.4 is 5.32 Å². The van der Waals surface area contributed by atoms with Crippen LogP contribution in [0, 0.1) is 16.7 Å². The van der Waals surface area contributed by atoms with Crippen molar-refractivity contribution in [1.29, 1.82) is 5.26 Å². The second kappa shape index (κ2) is 5.04. The van der Waals surface area contributed by atoms with Gasteiger partial charge in [0.25, 0.3) is 0 Å². The minimum Gasteiger partial charge on any atom is -0.385 e. The average molecular weight is 223 g/mol. The summed E-state index contributed by atoms with van der Waals surface area (Å²) in [6.07, 6.45) is 0.826. The van der Waals surface area contributed by atoms with Crippen molar-refractivity contribution in [2.24, 2.45) is 5.41 Å². The van der Waals surface area contributed by atoms with Gasteiger partial charge in [-0.15, -0.1) is 0 Å². The summed E-state index contributed by atoms with van der Waals surface area (Å²) in [6.45, 7) is 4.68. The monoisotopic (exact) mass is 222 g/mol. The predicted octanol–water partition coefficient (Wildman–Crippen LogP) is 3.69. The molecule has 0 bridgehead atoms. The summed E-state index contributed by atoms with van der Waals surface area (Å²) >= 11 is 5.77. The van der Waals surface area contributed by atoms with Gasteiger partial charge in [0, 0.05) is 17.3 Å². The number of benzene rings is 1. The molecule has 0 atom stereocenters. The Balaban J connectivity index is 2.39. The number of nitrogens with one attached hydrogen (secondary N) is 1. The Hall–Kier alpha value is -1.20. The largest absolute Gasteiger partial charge is 0.385 e. The molecule has 2 nitrogen and oxygen atoms in total. The lowest BCUT2D eigenvalue weighted by Crippen LogP contribution is -2.14. The molecule has 0 spiro atoms. The van der Waals surface area contributed by atoms with E-state index in [0.29, 0.717) is 0 Å². The van der Waals surface area contributed by atoms with Crippen LogP contribution in [0.3, 0.4) is 0 Å². The zero-order valence-electron chi connectivity index (χ0n) is 9.05. The Bertz CT molecular complexity index is 349. The van der Waals surface area contributed by atoms with Crippen molar-refractivity contribution in [1.82, 2.24) is 0 Å². The number of nitrogens with zero attached hydrogens (tertiary/aromatic N) is 1. The maximum atomic E-state index is 8.83. The minimum absolute atomic E-state index is 0.264. The van der Waals surface area contributed by atoms with E-state index in [2.05, 4.69) is 11.4 Å². The number of nitriles is 1. The van der Waals surface area contributed by atoms with Gasteiger partial charge >= 0.3 is 0 Å². The van der Waals surface area contributed by atoms with Gasteiger partial charge in [-0.3, -0.25) is 0 Å². The molecule has 0 fully saturated rings. The van der Waals surface area contributed by atoms with Crippen LogP contribution in [0.25, 0.3) is 0 Å². The average Bonchev–Trinajstić information content (AvgIpc) is 2.21. The maximum absolute atomic E-state index is 8.83. The van der Waals surface area contributed by atoms with Crippen molar-refractivity contribution in [3.05, 3.63) is 29.3 Å². The molecular formula is C12H15ClN2. The summed E-state index contributed by atoms with van der Waals surface area (Å²) in [7, 11) is 0. The summed E-state index contributed by atoms with van der Waals surface area (Å²) in [4.78, 5) is 0. The molecule has 0 amide bonds. The molecule has 0 saturated carbocycles. The third-order valence-corrected chi connectivity index (χ3v) is 2.48. The molecule has 0 radical (unpaired) electrons. The molecule has 0 aliphatic heterocycles. The van der Waals surface area contributed by atoms with E-state index in [-0.39, 0.29) is 5.41 Å². The van der Waals surface area contributed by atoms with Crippen LogP contribution in [0.5, 0.6) is 0 Å². The Morgan fingerprint density at radius 2 is 1.93 bits per heavy atom. The summed E-state index contributed by atoms with van der Waals surface area (Å²) in [5.74, 6) is 0. The van der Waals surface area contributed by atoms with E-state index in [9.17, 15) is 0 Å². The van der Waals surface area contributed by atoms with Crippen molar-refractivity contribution < 1.29 is 0 Å². The number of rotatable bonds is 4. The van der Waals surface area contributed by atoms with E-state index >= 15 is 0 Å². The van der Waals surface area contributed by atoms with Gasteiger partial charge in [-0.25, -0.2) is 0 Å². The fourth-order valence-corrected chi connectivity index (χ4v) is 1.27. The van der Waals surface area contributed by atoms with E-state index < -0.39 is 0 Å². The molecule has 0 aromatic heterocycles. The summed E-state index contributed by atoms with van der Waals surface area (Å²) < 4.78 is 0. The highest BCUT2D eigenvalue weighted by Gasteiger charge is 2.15. The smallest absolute Gasteiger partial charge is 0.0684 e. The highest BCUT2D eigenvalue weighted by molar-refractivity contribution is 6.30. The third-order valence-electron chi connectivity index (χ3n) is 2.23. The second-order valence-corrected chi connectivity index (χ2v) is 4.62. The number of hydrogen-bond acceptors (Lipinski definition) is 2. The van der Waals surface area contributed by atoms with E-state index in [1.165, 1.54) is 0 Å². The van der Waals surface area contributed by atoms with Crippen LogP contribution in [-0.4, -0.2) is 6.54 Å². The van der Waals surface area contributed by atoms with Crippen LogP contribution in [0.15, 0.2) is 24.3 Å². The molecule has 0 saturated heterocycles. The van der Waals surface area contributed by atoms with Crippen LogP contribution >= 0.6 is 11.6 Å². The normalized spacial score (nSPS) is 10.8. The van der Waals surface area contributed by atoms with E-state index in [1.807, 2.05) is 38.1 Å². The molecule has 1 rings (SSSR count). The zero-order chi connectivity index (χ0) is 11.3. The fraction of sp³-hybridized carbons (Fsp3) is 0.417. The van der Waals surface area contributed by atoms with Gasteiger partial charge in [0.05, 0.1) is 11.5 Å². The molecule has 3 heteroatoms. The van der Waals surface area contributed by atoms with E-state index in [4.69, 9.17) is 16.9 Å². The molecule has 80 valence electrons. The predicted molar refractivity (Wildman–Crippen MR) is 64.0 cm³/mol. The summed E-state index contributed by atoms with van der Waals surface area (Å²) in [5.41, 5.74) is 0.771. The summed E-state index contributed by atoms with van der Waals surface area (Å²) in [5, 5.41) is 12.8. The first-order chi connectivity index (χ1) is 7.03. The van der Waals surface area contributed by atoms with Gasteiger partial charge in [-0.2, -0.15) is 5.26 Å². The first-order valence-electron chi connectivity index (χ1n) is 4.94. The SMILES string of the molecule is CC(C)(C#N)CCNc1ccc(Cl)cc1. The third kappa shape index (κ3) is 4.22.